The lowest BCUT2D eigenvalue weighted by molar-refractivity contribution is -0.177. The molecule has 0 aliphatic rings. The minimum atomic E-state index is -0.929. The van der Waals surface area contributed by atoms with Crippen LogP contribution in [0.25, 0.3) is 0 Å². The molecule has 2 atom stereocenters. The molecule has 0 N–H and O–H groups in total. The molecule has 148 valence electrons. The highest BCUT2D eigenvalue weighted by Crippen LogP contribution is 2.45. The minimum Gasteiger partial charge on any atom is -0.463 e. The Kier molecular flexibility index (Phi) is 8.19. The van der Waals surface area contributed by atoms with E-state index in [1.165, 1.54) is 0 Å². The van der Waals surface area contributed by atoms with E-state index in [0.29, 0.717) is 12.8 Å². The van der Waals surface area contributed by atoms with Gasteiger partial charge in [0.15, 0.2) is 0 Å². The molecule has 0 radical (unpaired) electrons. The maximum atomic E-state index is 13.0. The standard InChI is InChI=1S/C21H40O4/c1-14(2)24-17(22)16(12-19(5,6)7)21(11,13-20(8,9)10)18(23)25-15(3)4/h14-16H,12-13H2,1-11H3. The molecular formula is C21H40O4. The van der Waals surface area contributed by atoms with Crippen LogP contribution in [0.3, 0.4) is 0 Å². The predicted octanol–water partition coefficient (Wildman–Crippen LogP) is 5.38. The summed E-state index contributed by atoms with van der Waals surface area (Å²) in [5.74, 6) is -1.16. The highest BCUT2D eigenvalue weighted by atomic mass is 16.6. The first kappa shape index (κ1) is 23.9. The Labute approximate surface area is 155 Å². The van der Waals surface area contributed by atoms with Crippen molar-refractivity contribution < 1.29 is 19.1 Å². The summed E-state index contributed by atoms with van der Waals surface area (Å²) in [6.45, 7) is 21.7. The van der Waals surface area contributed by atoms with Gasteiger partial charge in [-0.05, 0) is 58.3 Å². The largest absolute Gasteiger partial charge is 0.463 e. The minimum absolute atomic E-state index is 0.113. The van der Waals surface area contributed by atoms with Gasteiger partial charge < -0.3 is 9.47 Å². The van der Waals surface area contributed by atoms with Crippen molar-refractivity contribution in [3.63, 3.8) is 0 Å². The monoisotopic (exact) mass is 356 g/mol. The number of ether oxygens (including phenoxy) is 2. The molecule has 4 heteroatoms. The zero-order valence-corrected chi connectivity index (χ0v) is 18.3. The molecule has 0 amide bonds. The smallest absolute Gasteiger partial charge is 0.312 e. The van der Waals surface area contributed by atoms with Crippen LogP contribution in [0.4, 0.5) is 0 Å². The van der Waals surface area contributed by atoms with E-state index in [0.717, 1.165) is 0 Å². The Balaban J connectivity index is 6.03. The van der Waals surface area contributed by atoms with Gasteiger partial charge in [0.1, 0.15) is 0 Å². The molecule has 4 nitrogen and oxygen atoms in total. The maximum Gasteiger partial charge on any atom is 0.312 e. The Hall–Kier alpha value is -1.06. The van der Waals surface area contributed by atoms with Gasteiger partial charge in [-0.15, -0.1) is 0 Å². The molecule has 0 aliphatic heterocycles. The fraction of sp³-hybridized carbons (Fsp3) is 0.905. The molecule has 2 unspecified atom stereocenters. The summed E-state index contributed by atoms with van der Waals surface area (Å²) < 4.78 is 11.1. The lowest BCUT2D eigenvalue weighted by Crippen LogP contribution is -2.47. The number of hydrogen-bond donors (Lipinski definition) is 0. The fourth-order valence-corrected chi connectivity index (χ4v) is 3.28. The van der Waals surface area contributed by atoms with E-state index in [1.807, 2.05) is 34.6 Å². The van der Waals surface area contributed by atoms with Crippen LogP contribution in [0.15, 0.2) is 0 Å². The van der Waals surface area contributed by atoms with Crippen molar-refractivity contribution in [2.75, 3.05) is 0 Å². The molecule has 0 bridgehead atoms. The van der Waals surface area contributed by atoms with Gasteiger partial charge in [0.25, 0.3) is 0 Å². The van der Waals surface area contributed by atoms with Gasteiger partial charge in [-0.1, -0.05) is 41.5 Å². The predicted molar refractivity (Wildman–Crippen MR) is 102 cm³/mol. The Morgan fingerprint density at radius 2 is 1.20 bits per heavy atom. The first-order valence-electron chi connectivity index (χ1n) is 9.39. The van der Waals surface area contributed by atoms with E-state index in [4.69, 9.17) is 9.47 Å². The number of rotatable bonds is 7. The molecule has 0 aromatic rings. The van der Waals surface area contributed by atoms with Gasteiger partial charge in [-0.25, -0.2) is 0 Å². The van der Waals surface area contributed by atoms with Gasteiger partial charge in [-0.3, -0.25) is 9.59 Å². The van der Waals surface area contributed by atoms with Gasteiger partial charge >= 0.3 is 11.9 Å². The van der Waals surface area contributed by atoms with Crippen LogP contribution in [-0.2, 0) is 19.1 Å². The highest BCUT2D eigenvalue weighted by molar-refractivity contribution is 5.85. The van der Waals surface area contributed by atoms with Crippen molar-refractivity contribution in [3.05, 3.63) is 0 Å². The van der Waals surface area contributed by atoms with Crippen LogP contribution in [-0.4, -0.2) is 24.1 Å². The fourth-order valence-electron chi connectivity index (χ4n) is 3.28. The molecule has 0 saturated heterocycles. The molecule has 0 rings (SSSR count). The number of carbonyl (C=O) groups excluding carboxylic acids is 2. The van der Waals surface area contributed by atoms with E-state index in [1.54, 1.807) is 0 Å². The van der Waals surface area contributed by atoms with Gasteiger partial charge in [0.2, 0.25) is 0 Å². The second-order valence-corrected chi connectivity index (χ2v) is 10.4. The normalized spacial score (nSPS) is 16.5. The van der Waals surface area contributed by atoms with Crippen molar-refractivity contribution >= 4 is 11.9 Å². The number of esters is 2. The third-order valence-corrected chi connectivity index (χ3v) is 3.93. The van der Waals surface area contributed by atoms with E-state index in [9.17, 15) is 9.59 Å². The molecule has 0 aromatic heterocycles. The van der Waals surface area contributed by atoms with Crippen LogP contribution in [0.2, 0.25) is 0 Å². The zero-order chi connectivity index (χ0) is 20.2. The van der Waals surface area contributed by atoms with Gasteiger partial charge in [-0.2, -0.15) is 0 Å². The second kappa shape index (κ2) is 8.55. The molecule has 0 aromatic carbocycles. The van der Waals surface area contributed by atoms with Crippen LogP contribution in [0.1, 0.15) is 89.0 Å². The van der Waals surface area contributed by atoms with Crippen LogP contribution < -0.4 is 0 Å². The Bertz CT molecular complexity index is 451. The van der Waals surface area contributed by atoms with Gasteiger partial charge in [0.05, 0.1) is 23.5 Å². The summed E-state index contributed by atoms with van der Waals surface area (Å²) in [4.78, 5) is 26.0. The molecule has 0 saturated carbocycles. The number of carbonyl (C=O) groups is 2. The third kappa shape index (κ3) is 8.73. The summed E-state index contributed by atoms with van der Waals surface area (Å²) in [6.07, 6.45) is 0.691. The van der Waals surface area contributed by atoms with Crippen LogP contribution >= 0.6 is 0 Å². The second-order valence-electron chi connectivity index (χ2n) is 10.4. The van der Waals surface area contributed by atoms with E-state index in [2.05, 4.69) is 41.5 Å². The highest BCUT2D eigenvalue weighted by Gasteiger charge is 2.50. The summed E-state index contributed by atoms with van der Waals surface area (Å²) in [5.41, 5.74) is -1.17. The first-order valence-corrected chi connectivity index (χ1v) is 9.39. The summed E-state index contributed by atoms with van der Waals surface area (Å²) in [7, 11) is 0. The Morgan fingerprint density at radius 1 is 0.760 bits per heavy atom. The average Bonchev–Trinajstić information content (AvgIpc) is 2.30. The van der Waals surface area contributed by atoms with Crippen molar-refractivity contribution in [2.45, 2.75) is 101 Å². The number of hydrogen-bond acceptors (Lipinski definition) is 4. The van der Waals surface area contributed by atoms with E-state index < -0.39 is 11.3 Å². The maximum absolute atomic E-state index is 13.0. The molecule has 0 heterocycles. The van der Waals surface area contributed by atoms with Crippen LogP contribution in [0, 0.1) is 22.2 Å². The quantitative estimate of drug-likeness (QED) is 0.574. The van der Waals surface area contributed by atoms with Crippen molar-refractivity contribution in [1.82, 2.24) is 0 Å². The molecule has 25 heavy (non-hydrogen) atoms. The topological polar surface area (TPSA) is 52.6 Å². The lowest BCUT2D eigenvalue weighted by Gasteiger charge is -2.41. The molecule has 0 fully saturated rings. The van der Waals surface area contributed by atoms with Crippen molar-refractivity contribution in [2.24, 2.45) is 22.2 Å². The molecule has 0 spiro atoms. The first-order chi connectivity index (χ1) is 11.0. The summed E-state index contributed by atoms with van der Waals surface area (Å²) in [5, 5.41) is 0. The third-order valence-electron chi connectivity index (χ3n) is 3.93. The Morgan fingerprint density at radius 3 is 1.52 bits per heavy atom. The SMILES string of the molecule is CC(C)OC(=O)C(CC(C)(C)C)C(C)(CC(C)(C)C)C(=O)OC(C)C. The zero-order valence-electron chi connectivity index (χ0n) is 18.3. The van der Waals surface area contributed by atoms with E-state index >= 15 is 0 Å². The van der Waals surface area contributed by atoms with Gasteiger partial charge in [0, 0.05) is 0 Å². The summed E-state index contributed by atoms with van der Waals surface area (Å²) >= 11 is 0. The summed E-state index contributed by atoms with van der Waals surface area (Å²) in [6, 6.07) is 0. The van der Waals surface area contributed by atoms with Crippen molar-refractivity contribution in [1.29, 1.82) is 0 Å². The molecule has 0 aliphatic carbocycles. The average molecular weight is 357 g/mol. The van der Waals surface area contributed by atoms with Crippen LogP contribution in [0.5, 0.6) is 0 Å². The van der Waals surface area contributed by atoms with Crippen molar-refractivity contribution in [3.8, 4) is 0 Å². The van der Waals surface area contributed by atoms with E-state index in [-0.39, 0.29) is 35.0 Å². The molecular weight excluding hydrogens is 316 g/mol. The lowest BCUT2D eigenvalue weighted by atomic mass is 9.63.